The molecule has 0 amide bonds. The van der Waals surface area contributed by atoms with Gasteiger partial charge in [0.1, 0.15) is 11.5 Å². The maximum Gasteiger partial charge on any atom is 0.168 e. The van der Waals surface area contributed by atoms with Gasteiger partial charge in [-0.1, -0.05) is 6.42 Å². The van der Waals surface area contributed by atoms with Crippen molar-refractivity contribution in [1.82, 2.24) is 9.97 Å². The molecule has 0 unspecified atom stereocenters. The van der Waals surface area contributed by atoms with Gasteiger partial charge in [-0.2, -0.15) is 0 Å². The van der Waals surface area contributed by atoms with Gasteiger partial charge in [0.2, 0.25) is 0 Å². The highest BCUT2D eigenvalue weighted by Crippen LogP contribution is 2.34. The molecule has 0 N–H and O–H groups in total. The topological polar surface area (TPSA) is 42.9 Å². The third kappa shape index (κ3) is 1.59. The number of hydrogen-bond acceptors (Lipinski definition) is 3. The Labute approximate surface area is 77.2 Å². The molecule has 1 heterocycles. The van der Waals surface area contributed by atoms with Crippen molar-refractivity contribution >= 4 is 6.29 Å². The molecule has 0 atom stereocenters. The third-order valence-electron chi connectivity index (χ3n) is 2.48. The van der Waals surface area contributed by atoms with Crippen LogP contribution in [0.2, 0.25) is 0 Å². The molecule has 1 aromatic rings. The van der Waals surface area contributed by atoms with E-state index in [-0.39, 0.29) is 0 Å². The molecular weight excluding hydrogens is 164 g/mol. The molecule has 68 valence electrons. The van der Waals surface area contributed by atoms with Crippen molar-refractivity contribution in [2.75, 3.05) is 0 Å². The monoisotopic (exact) mass is 176 g/mol. The Morgan fingerprint density at radius 3 is 2.77 bits per heavy atom. The normalized spacial score (nSPS) is 16.7. The summed E-state index contributed by atoms with van der Waals surface area (Å²) >= 11 is 0. The zero-order chi connectivity index (χ0) is 9.26. The third-order valence-corrected chi connectivity index (χ3v) is 2.48. The van der Waals surface area contributed by atoms with E-state index in [0.29, 0.717) is 11.6 Å². The zero-order valence-electron chi connectivity index (χ0n) is 7.66. The molecule has 1 saturated carbocycles. The van der Waals surface area contributed by atoms with Crippen LogP contribution in [0.3, 0.4) is 0 Å². The van der Waals surface area contributed by atoms with Gasteiger partial charge < -0.3 is 0 Å². The van der Waals surface area contributed by atoms with Crippen LogP contribution in [0.15, 0.2) is 6.07 Å². The minimum atomic E-state index is 0.499. The van der Waals surface area contributed by atoms with Crippen molar-refractivity contribution in [1.29, 1.82) is 0 Å². The maximum atomic E-state index is 10.5. The van der Waals surface area contributed by atoms with Gasteiger partial charge in [0.05, 0.1) is 0 Å². The highest BCUT2D eigenvalue weighted by Gasteiger charge is 2.22. The molecule has 1 aliphatic rings. The molecule has 1 fully saturated rings. The second-order valence-electron chi connectivity index (χ2n) is 3.54. The van der Waals surface area contributed by atoms with Gasteiger partial charge in [0.25, 0.3) is 0 Å². The quantitative estimate of drug-likeness (QED) is 0.646. The van der Waals surface area contributed by atoms with Crippen molar-refractivity contribution in [3.63, 3.8) is 0 Å². The molecule has 2 rings (SSSR count). The fourth-order valence-electron chi connectivity index (χ4n) is 1.53. The number of carbonyl (C=O) groups is 1. The summed E-state index contributed by atoms with van der Waals surface area (Å²) in [4.78, 5) is 19.1. The first-order valence-corrected chi connectivity index (χ1v) is 4.60. The van der Waals surface area contributed by atoms with Crippen LogP contribution in [0, 0.1) is 6.92 Å². The lowest BCUT2D eigenvalue weighted by atomic mass is 9.85. The molecule has 1 aliphatic carbocycles. The summed E-state index contributed by atoms with van der Waals surface area (Å²) in [5, 5.41) is 0. The minimum absolute atomic E-state index is 0.499. The van der Waals surface area contributed by atoms with Crippen molar-refractivity contribution in [2.45, 2.75) is 32.1 Å². The Morgan fingerprint density at radius 2 is 2.23 bits per heavy atom. The summed E-state index contributed by atoms with van der Waals surface area (Å²) in [6.07, 6.45) is 4.39. The summed E-state index contributed by atoms with van der Waals surface area (Å²) in [6.45, 7) is 1.90. The molecule has 3 heteroatoms. The number of aromatic nitrogens is 2. The standard InChI is InChI=1S/C10H12N2O/c1-7-5-9(6-13)12-10(11-7)8-3-2-4-8/h5-6,8H,2-4H2,1H3. The van der Waals surface area contributed by atoms with E-state index in [0.717, 1.165) is 17.8 Å². The Kier molecular flexibility index (Phi) is 2.08. The molecule has 0 spiro atoms. The maximum absolute atomic E-state index is 10.5. The molecular formula is C10H12N2O. The minimum Gasteiger partial charge on any atom is -0.296 e. The predicted molar refractivity (Wildman–Crippen MR) is 48.7 cm³/mol. The van der Waals surface area contributed by atoms with Crippen LogP contribution < -0.4 is 0 Å². The van der Waals surface area contributed by atoms with E-state index in [2.05, 4.69) is 9.97 Å². The number of hydrogen-bond donors (Lipinski definition) is 0. The Bertz CT molecular complexity index is 332. The molecule has 0 aliphatic heterocycles. The van der Waals surface area contributed by atoms with E-state index in [1.807, 2.05) is 6.92 Å². The number of nitrogens with zero attached hydrogens (tertiary/aromatic N) is 2. The van der Waals surface area contributed by atoms with Crippen LogP contribution >= 0.6 is 0 Å². The molecule has 0 bridgehead atoms. The average Bonchev–Trinajstić information content (AvgIpc) is 2.00. The van der Waals surface area contributed by atoms with E-state index in [1.165, 1.54) is 19.3 Å². The second kappa shape index (κ2) is 3.24. The Morgan fingerprint density at radius 1 is 1.46 bits per heavy atom. The van der Waals surface area contributed by atoms with Crippen LogP contribution in [0.4, 0.5) is 0 Å². The van der Waals surface area contributed by atoms with Crippen molar-refractivity contribution in [3.8, 4) is 0 Å². The lowest BCUT2D eigenvalue weighted by molar-refractivity contribution is 0.111. The van der Waals surface area contributed by atoms with Gasteiger partial charge in [-0.25, -0.2) is 9.97 Å². The van der Waals surface area contributed by atoms with Gasteiger partial charge in [0, 0.05) is 11.6 Å². The molecule has 1 aromatic heterocycles. The highest BCUT2D eigenvalue weighted by molar-refractivity contribution is 5.71. The van der Waals surface area contributed by atoms with Crippen molar-refractivity contribution in [2.24, 2.45) is 0 Å². The van der Waals surface area contributed by atoms with Gasteiger partial charge in [-0.05, 0) is 25.8 Å². The summed E-state index contributed by atoms with van der Waals surface area (Å²) < 4.78 is 0. The molecule has 0 aromatic carbocycles. The summed E-state index contributed by atoms with van der Waals surface area (Å²) in [6, 6.07) is 1.72. The van der Waals surface area contributed by atoms with Crippen molar-refractivity contribution < 1.29 is 4.79 Å². The smallest absolute Gasteiger partial charge is 0.168 e. The Balaban J connectivity index is 2.33. The predicted octanol–water partition coefficient (Wildman–Crippen LogP) is 1.87. The first-order chi connectivity index (χ1) is 6.29. The fraction of sp³-hybridized carbons (Fsp3) is 0.500. The van der Waals surface area contributed by atoms with E-state index in [9.17, 15) is 4.79 Å². The summed E-state index contributed by atoms with van der Waals surface area (Å²) in [5.74, 6) is 1.35. The first-order valence-electron chi connectivity index (χ1n) is 4.60. The van der Waals surface area contributed by atoms with Crippen LogP contribution in [-0.2, 0) is 0 Å². The van der Waals surface area contributed by atoms with E-state index in [4.69, 9.17) is 0 Å². The Hall–Kier alpha value is -1.25. The lowest BCUT2D eigenvalue weighted by Crippen LogP contribution is -2.14. The SMILES string of the molecule is Cc1cc(C=O)nc(C2CCC2)n1. The number of carbonyl (C=O) groups excluding carboxylic acids is 1. The van der Waals surface area contributed by atoms with E-state index >= 15 is 0 Å². The van der Waals surface area contributed by atoms with Crippen LogP contribution in [0.1, 0.15) is 47.2 Å². The largest absolute Gasteiger partial charge is 0.296 e. The van der Waals surface area contributed by atoms with Gasteiger partial charge in [-0.3, -0.25) is 4.79 Å². The molecule has 0 radical (unpaired) electrons. The van der Waals surface area contributed by atoms with E-state index in [1.54, 1.807) is 6.07 Å². The fourth-order valence-corrected chi connectivity index (χ4v) is 1.53. The highest BCUT2D eigenvalue weighted by atomic mass is 16.1. The second-order valence-corrected chi connectivity index (χ2v) is 3.54. The van der Waals surface area contributed by atoms with Crippen LogP contribution in [0.5, 0.6) is 0 Å². The molecule has 3 nitrogen and oxygen atoms in total. The summed E-state index contributed by atoms with van der Waals surface area (Å²) in [5.41, 5.74) is 1.40. The molecule has 13 heavy (non-hydrogen) atoms. The van der Waals surface area contributed by atoms with E-state index < -0.39 is 0 Å². The zero-order valence-corrected chi connectivity index (χ0v) is 7.66. The van der Waals surface area contributed by atoms with Gasteiger partial charge >= 0.3 is 0 Å². The van der Waals surface area contributed by atoms with Crippen molar-refractivity contribution in [3.05, 3.63) is 23.3 Å². The number of aryl methyl sites for hydroxylation is 1. The summed E-state index contributed by atoms with van der Waals surface area (Å²) in [7, 11) is 0. The van der Waals surface area contributed by atoms with Gasteiger partial charge in [-0.15, -0.1) is 0 Å². The van der Waals surface area contributed by atoms with Crippen LogP contribution in [0.25, 0.3) is 0 Å². The first kappa shape index (κ1) is 8.35. The van der Waals surface area contributed by atoms with Crippen LogP contribution in [-0.4, -0.2) is 16.3 Å². The van der Waals surface area contributed by atoms with Gasteiger partial charge in [0.15, 0.2) is 6.29 Å². The molecule has 0 saturated heterocycles. The lowest BCUT2D eigenvalue weighted by Gasteiger charge is -2.23. The average molecular weight is 176 g/mol. The number of aldehydes is 1. The number of rotatable bonds is 2.